The van der Waals surface area contributed by atoms with Gasteiger partial charge in [-0.25, -0.2) is 0 Å². The van der Waals surface area contributed by atoms with Crippen molar-refractivity contribution in [3.05, 3.63) is 28.8 Å². The molecule has 174 valence electrons. The molecule has 1 aromatic carbocycles. The number of benzene rings is 1. The van der Waals surface area contributed by atoms with Crippen LogP contribution in [0.25, 0.3) is 0 Å². The van der Waals surface area contributed by atoms with E-state index >= 15 is 0 Å². The number of aryl methyl sites for hydroxylation is 1. The predicted octanol–water partition coefficient (Wildman–Crippen LogP) is 4.12. The zero-order chi connectivity index (χ0) is 24.5. The van der Waals surface area contributed by atoms with E-state index in [0.717, 1.165) is 16.7 Å². The van der Waals surface area contributed by atoms with Crippen LogP contribution in [-0.4, -0.2) is 41.6 Å². The van der Waals surface area contributed by atoms with Gasteiger partial charge >= 0.3 is 5.97 Å². The Kier molecular flexibility index (Phi) is 9.72. The molecule has 0 unspecified atom stereocenters. The quantitative estimate of drug-likeness (QED) is 0.577. The maximum atomic E-state index is 12.3. The zero-order valence-corrected chi connectivity index (χ0v) is 20.1. The minimum Gasteiger partial charge on any atom is -0.507 e. The first-order valence-corrected chi connectivity index (χ1v) is 10.9. The molecule has 0 fully saturated rings. The Balaban J connectivity index is 2.83. The van der Waals surface area contributed by atoms with Gasteiger partial charge in [-0.1, -0.05) is 53.7 Å². The molecule has 1 amide bonds. The van der Waals surface area contributed by atoms with Gasteiger partial charge in [0.15, 0.2) is 6.61 Å². The third-order valence-corrected chi connectivity index (χ3v) is 5.10. The summed E-state index contributed by atoms with van der Waals surface area (Å²) in [4.78, 5) is 25.9. The number of hydrogen-bond donors (Lipinski definition) is 1. The lowest BCUT2D eigenvalue weighted by atomic mass is 9.78. The van der Waals surface area contributed by atoms with Crippen LogP contribution in [-0.2, 0) is 31.6 Å². The van der Waals surface area contributed by atoms with Crippen molar-refractivity contribution < 1.29 is 19.4 Å². The molecule has 1 N–H and O–H groups in total. The Morgan fingerprint density at radius 3 is 1.84 bits per heavy atom. The Morgan fingerprint density at radius 2 is 1.44 bits per heavy atom. The molecule has 0 saturated heterocycles. The summed E-state index contributed by atoms with van der Waals surface area (Å²) in [6.07, 6.45) is 0.823. The Labute approximate surface area is 191 Å². The monoisotopic (exact) mass is 441 g/mol. The number of nitriles is 2. The predicted molar refractivity (Wildman–Crippen MR) is 122 cm³/mol. The summed E-state index contributed by atoms with van der Waals surface area (Å²) in [5, 5.41) is 28.3. The number of phenolic OH excluding ortho intramolecular Hbond substituents is 1. The number of esters is 1. The van der Waals surface area contributed by atoms with E-state index in [-0.39, 0.29) is 48.9 Å². The van der Waals surface area contributed by atoms with Gasteiger partial charge in [0.25, 0.3) is 5.91 Å². The van der Waals surface area contributed by atoms with Gasteiger partial charge in [0.1, 0.15) is 5.75 Å². The second-order valence-electron chi connectivity index (χ2n) is 9.90. The van der Waals surface area contributed by atoms with Crippen LogP contribution in [0, 0.1) is 22.7 Å². The van der Waals surface area contributed by atoms with Crippen LogP contribution in [0.1, 0.15) is 77.5 Å². The molecule has 0 aromatic heterocycles. The summed E-state index contributed by atoms with van der Waals surface area (Å²) >= 11 is 0. The second-order valence-corrected chi connectivity index (χ2v) is 9.90. The SMILES string of the molecule is CC(C)(C)c1cc(CCC(=O)OCC(=O)N(CCC#N)CCC#N)cc(C(C)(C)C)c1O. The van der Waals surface area contributed by atoms with Crippen molar-refractivity contribution in [2.24, 2.45) is 0 Å². The number of hydrogen-bond acceptors (Lipinski definition) is 6. The van der Waals surface area contributed by atoms with E-state index in [0.29, 0.717) is 6.42 Å². The summed E-state index contributed by atoms with van der Waals surface area (Å²) in [5.41, 5.74) is 2.06. The first kappa shape index (κ1) is 27.0. The fourth-order valence-electron chi connectivity index (χ4n) is 3.27. The summed E-state index contributed by atoms with van der Waals surface area (Å²) in [5.74, 6) is -0.628. The average molecular weight is 442 g/mol. The van der Waals surface area contributed by atoms with Crippen molar-refractivity contribution in [2.45, 2.75) is 78.1 Å². The molecular weight excluding hydrogens is 406 g/mol. The van der Waals surface area contributed by atoms with Crippen LogP contribution in [0.2, 0.25) is 0 Å². The molecule has 0 radical (unpaired) electrons. The summed E-state index contributed by atoms with van der Waals surface area (Å²) in [6.45, 7) is 12.2. The standard InChI is InChI=1S/C25H35N3O4/c1-24(2,3)19-15-18(16-20(23(19)31)25(4,5)6)9-10-22(30)32-17-21(29)28(13-7-11-26)14-8-12-27/h15-16,31H,7-10,13-14,17H2,1-6H3. The average Bonchev–Trinajstić information content (AvgIpc) is 2.69. The topological polar surface area (TPSA) is 114 Å². The molecule has 0 bridgehead atoms. The molecule has 0 aliphatic carbocycles. The Hall–Kier alpha value is -3.06. The first-order chi connectivity index (χ1) is 14.8. The lowest BCUT2D eigenvalue weighted by Crippen LogP contribution is -2.36. The fourth-order valence-corrected chi connectivity index (χ4v) is 3.27. The lowest BCUT2D eigenvalue weighted by molar-refractivity contribution is -0.152. The summed E-state index contributed by atoms with van der Waals surface area (Å²) < 4.78 is 5.14. The normalized spacial score (nSPS) is 11.4. The molecule has 0 aliphatic heterocycles. The lowest BCUT2D eigenvalue weighted by Gasteiger charge is -2.28. The van der Waals surface area contributed by atoms with Gasteiger partial charge in [-0.05, 0) is 33.9 Å². The van der Waals surface area contributed by atoms with Crippen molar-refractivity contribution >= 4 is 11.9 Å². The highest BCUT2D eigenvalue weighted by Crippen LogP contribution is 2.39. The molecular formula is C25H35N3O4. The maximum absolute atomic E-state index is 12.3. The molecule has 32 heavy (non-hydrogen) atoms. The van der Waals surface area contributed by atoms with Crippen molar-refractivity contribution in [3.63, 3.8) is 0 Å². The Morgan fingerprint density at radius 1 is 0.969 bits per heavy atom. The summed E-state index contributed by atoms with van der Waals surface area (Å²) in [7, 11) is 0. The smallest absolute Gasteiger partial charge is 0.306 e. The van der Waals surface area contributed by atoms with Crippen LogP contribution in [0.3, 0.4) is 0 Å². The number of carbonyl (C=O) groups excluding carboxylic acids is 2. The van der Waals surface area contributed by atoms with Gasteiger partial charge in [-0.3, -0.25) is 9.59 Å². The van der Waals surface area contributed by atoms with Crippen molar-refractivity contribution in [2.75, 3.05) is 19.7 Å². The van der Waals surface area contributed by atoms with Crippen LogP contribution in [0.15, 0.2) is 12.1 Å². The van der Waals surface area contributed by atoms with Crippen molar-refractivity contribution in [3.8, 4) is 17.9 Å². The van der Waals surface area contributed by atoms with E-state index in [1.165, 1.54) is 4.90 Å². The summed E-state index contributed by atoms with van der Waals surface area (Å²) in [6, 6.07) is 7.78. The van der Waals surface area contributed by atoms with E-state index in [4.69, 9.17) is 15.3 Å². The molecule has 0 spiro atoms. The van der Waals surface area contributed by atoms with E-state index in [1.807, 2.05) is 65.8 Å². The molecule has 1 aromatic rings. The molecule has 0 aliphatic rings. The van der Waals surface area contributed by atoms with Crippen molar-refractivity contribution in [1.82, 2.24) is 4.90 Å². The third kappa shape index (κ3) is 8.23. The van der Waals surface area contributed by atoms with Crippen LogP contribution in [0.4, 0.5) is 0 Å². The number of ether oxygens (including phenoxy) is 1. The second kappa shape index (κ2) is 11.5. The largest absolute Gasteiger partial charge is 0.507 e. The molecule has 7 heteroatoms. The van der Waals surface area contributed by atoms with E-state index < -0.39 is 18.5 Å². The minimum atomic E-state index is -0.499. The van der Waals surface area contributed by atoms with E-state index in [1.54, 1.807) is 0 Å². The number of nitrogens with zero attached hydrogens (tertiary/aromatic N) is 3. The number of phenols is 1. The minimum absolute atomic E-state index is 0.0988. The van der Waals surface area contributed by atoms with Gasteiger partial charge in [-0.2, -0.15) is 10.5 Å². The highest BCUT2D eigenvalue weighted by molar-refractivity contribution is 5.80. The van der Waals surface area contributed by atoms with E-state index in [9.17, 15) is 14.7 Å². The van der Waals surface area contributed by atoms with Gasteiger partial charge < -0.3 is 14.7 Å². The highest BCUT2D eigenvalue weighted by atomic mass is 16.5. The Bertz CT molecular complexity index is 843. The van der Waals surface area contributed by atoms with Crippen LogP contribution < -0.4 is 0 Å². The van der Waals surface area contributed by atoms with Gasteiger partial charge in [0.2, 0.25) is 0 Å². The molecule has 7 nitrogen and oxygen atoms in total. The van der Waals surface area contributed by atoms with Crippen LogP contribution in [0.5, 0.6) is 5.75 Å². The number of carbonyl (C=O) groups is 2. The van der Waals surface area contributed by atoms with Gasteiger partial charge in [-0.15, -0.1) is 0 Å². The maximum Gasteiger partial charge on any atom is 0.306 e. The van der Waals surface area contributed by atoms with Crippen molar-refractivity contribution in [1.29, 1.82) is 10.5 Å². The molecule has 0 heterocycles. The number of rotatable bonds is 9. The zero-order valence-electron chi connectivity index (χ0n) is 20.1. The fraction of sp³-hybridized carbons (Fsp3) is 0.600. The number of aromatic hydroxyl groups is 1. The molecule has 0 atom stereocenters. The highest BCUT2D eigenvalue weighted by Gasteiger charge is 2.26. The number of amides is 1. The van der Waals surface area contributed by atoms with Gasteiger partial charge in [0, 0.05) is 19.5 Å². The molecule has 1 rings (SSSR count). The van der Waals surface area contributed by atoms with Gasteiger partial charge in [0.05, 0.1) is 25.0 Å². The van der Waals surface area contributed by atoms with Crippen LogP contribution >= 0.6 is 0 Å². The third-order valence-electron chi connectivity index (χ3n) is 5.10. The first-order valence-electron chi connectivity index (χ1n) is 10.9. The molecule has 0 saturated carbocycles. The van der Waals surface area contributed by atoms with E-state index in [2.05, 4.69) is 0 Å².